The van der Waals surface area contributed by atoms with Crippen LogP contribution in [-0.2, 0) is 6.42 Å². The van der Waals surface area contributed by atoms with Gasteiger partial charge in [-0.25, -0.2) is 0 Å². The van der Waals surface area contributed by atoms with Crippen molar-refractivity contribution in [2.24, 2.45) is 5.92 Å². The summed E-state index contributed by atoms with van der Waals surface area (Å²) >= 11 is 0. The van der Waals surface area contributed by atoms with Crippen molar-refractivity contribution in [3.05, 3.63) is 232 Å². The summed E-state index contributed by atoms with van der Waals surface area (Å²) in [4.78, 5) is 0. The van der Waals surface area contributed by atoms with Crippen LogP contribution in [0.5, 0.6) is 0 Å². The topological polar surface area (TPSA) is 0 Å². The summed E-state index contributed by atoms with van der Waals surface area (Å²) in [6.07, 6.45) is 25.4. The summed E-state index contributed by atoms with van der Waals surface area (Å²) < 4.78 is 0. The quantitative estimate of drug-likeness (QED) is 0.162. The number of hydrogen-bond acceptors (Lipinski definition) is 0. The zero-order valence-electron chi connectivity index (χ0n) is 29.9. The molecule has 52 heavy (non-hydrogen) atoms. The largest absolute Gasteiger partial charge is 0.0767 e. The molecule has 252 valence electrons. The summed E-state index contributed by atoms with van der Waals surface area (Å²) in [5.41, 5.74) is 19.3. The van der Waals surface area contributed by atoms with Crippen LogP contribution in [0.1, 0.15) is 88.1 Å². The number of allylic oxidation sites excluding steroid dienone is 13. The SMILES string of the molecule is CCc1c(C2=CC(c3cccc(C4=C(c5ccccc5)c5ccccc5C5C=CC=CC45)c3)=CCC2)cccc1C1C=CC=C(c2ccccc2)C1. The van der Waals surface area contributed by atoms with Gasteiger partial charge in [0.2, 0.25) is 0 Å². The van der Waals surface area contributed by atoms with Crippen molar-refractivity contribution in [1.82, 2.24) is 0 Å². The predicted molar refractivity (Wildman–Crippen MR) is 222 cm³/mol. The van der Waals surface area contributed by atoms with Gasteiger partial charge in [0.05, 0.1) is 0 Å². The standard InChI is InChI=1S/C52H44/c1-2-44-45(41-24-13-21-38(33-41)36-17-5-3-6-18-36)31-16-32-46(44)42-25-14-22-39(34-42)40-23-15-26-43(35-40)52-50-30-12-10-28-48(50)47-27-9-11-29-49(47)51(52)37-19-7-4-8-20-37/h3-13,15-24,26-32,34-35,41,48,50H,2,14,25,33H2,1H3. The molecule has 0 fully saturated rings. The molecule has 0 bridgehead atoms. The molecule has 0 saturated carbocycles. The van der Waals surface area contributed by atoms with E-state index >= 15 is 0 Å². The van der Waals surface area contributed by atoms with E-state index in [1.54, 1.807) is 0 Å². The van der Waals surface area contributed by atoms with Gasteiger partial charge in [-0.2, -0.15) is 0 Å². The lowest BCUT2D eigenvalue weighted by molar-refractivity contribution is 0.706. The minimum atomic E-state index is 0.276. The van der Waals surface area contributed by atoms with E-state index in [1.165, 1.54) is 77.9 Å². The lowest BCUT2D eigenvalue weighted by Gasteiger charge is -2.36. The highest BCUT2D eigenvalue weighted by molar-refractivity contribution is 6.03. The van der Waals surface area contributed by atoms with Gasteiger partial charge in [0.25, 0.3) is 0 Å². The van der Waals surface area contributed by atoms with Crippen LogP contribution >= 0.6 is 0 Å². The van der Waals surface area contributed by atoms with Gasteiger partial charge in [0.15, 0.2) is 0 Å². The van der Waals surface area contributed by atoms with Crippen molar-refractivity contribution >= 4 is 27.9 Å². The molecule has 5 aromatic rings. The van der Waals surface area contributed by atoms with Crippen molar-refractivity contribution < 1.29 is 0 Å². The Morgan fingerprint density at radius 2 is 1.23 bits per heavy atom. The smallest absolute Gasteiger partial charge is 0.0137 e. The van der Waals surface area contributed by atoms with Gasteiger partial charge < -0.3 is 0 Å². The molecule has 5 aromatic carbocycles. The Labute approximate surface area is 309 Å². The normalized spacial score (nSPS) is 20.5. The molecule has 0 radical (unpaired) electrons. The monoisotopic (exact) mass is 668 g/mol. The molecule has 0 heteroatoms. The van der Waals surface area contributed by atoms with E-state index in [0.717, 1.165) is 25.7 Å². The number of fused-ring (bicyclic) bond motifs is 3. The van der Waals surface area contributed by atoms with Gasteiger partial charge in [0.1, 0.15) is 0 Å². The highest BCUT2D eigenvalue weighted by Crippen LogP contribution is 2.51. The van der Waals surface area contributed by atoms with E-state index in [0.29, 0.717) is 11.8 Å². The fourth-order valence-electron chi connectivity index (χ4n) is 9.15. The van der Waals surface area contributed by atoms with E-state index in [4.69, 9.17) is 0 Å². The Morgan fingerprint density at radius 3 is 2.06 bits per heavy atom. The third-order valence-electron chi connectivity index (χ3n) is 11.5. The van der Waals surface area contributed by atoms with Gasteiger partial charge >= 0.3 is 0 Å². The first kappa shape index (κ1) is 32.2. The average Bonchev–Trinajstić information content (AvgIpc) is 3.23. The van der Waals surface area contributed by atoms with E-state index < -0.39 is 0 Å². The summed E-state index contributed by atoms with van der Waals surface area (Å²) in [5, 5.41) is 0. The summed E-state index contributed by atoms with van der Waals surface area (Å²) in [5.74, 6) is 0.981. The van der Waals surface area contributed by atoms with Gasteiger partial charge in [-0.05, 0) is 110 Å². The first-order valence-electron chi connectivity index (χ1n) is 19.1. The van der Waals surface area contributed by atoms with Gasteiger partial charge in [0, 0.05) is 17.8 Å². The average molecular weight is 669 g/mol. The summed E-state index contributed by atoms with van der Waals surface area (Å²) in [6.45, 7) is 2.33. The van der Waals surface area contributed by atoms with Crippen LogP contribution in [0.15, 0.2) is 182 Å². The lowest BCUT2D eigenvalue weighted by Crippen LogP contribution is -2.21. The fourth-order valence-corrected chi connectivity index (χ4v) is 9.15. The number of rotatable bonds is 7. The predicted octanol–water partition coefficient (Wildman–Crippen LogP) is 13.4. The van der Waals surface area contributed by atoms with Crippen molar-refractivity contribution in [2.45, 2.75) is 44.4 Å². The van der Waals surface area contributed by atoms with Crippen LogP contribution in [0.2, 0.25) is 0 Å². The molecule has 0 heterocycles. The third kappa shape index (κ3) is 5.93. The van der Waals surface area contributed by atoms with Crippen LogP contribution < -0.4 is 0 Å². The Morgan fingerprint density at radius 1 is 0.558 bits per heavy atom. The Balaban J connectivity index is 1.10. The molecule has 0 spiro atoms. The molecular weight excluding hydrogens is 625 g/mol. The number of benzene rings is 5. The van der Waals surface area contributed by atoms with Crippen molar-refractivity contribution in [3.8, 4) is 0 Å². The molecule has 0 nitrogen and oxygen atoms in total. The van der Waals surface area contributed by atoms with Crippen molar-refractivity contribution in [1.29, 1.82) is 0 Å². The second kappa shape index (κ2) is 14.1. The van der Waals surface area contributed by atoms with Gasteiger partial charge in [-0.1, -0.05) is 183 Å². The second-order valence-corrected chi connectivity index (χ2v) is 14.5. The number of hydrogen-bond donors (Lipinski definition) is 0. The molecule has 0 aromatic heterocycles. The molecule has 4 aliphatic carbocycles. The third-order valence-corrected chi connectivity index (χ3v) is 11.5. The highest BCUT2D eigenvalue weighted by atomic mass is 14.4. The zero-order valence-corrected chi connectivity index (χ0v) is 29.9. The minimum Gasteiger partial charge on any atom is -0.0767 e. The molecule has 0 saturated heterocycles. The van der Waals surface area contributed by atoms with Crippen LogP contribution in [0.25, 0.3) is 27.9 Å². The molecule has 0 amide bonds. The molecule has 3 atom stereocenters. The van der Waals surface area contributed by atoms with E-state index in [2.05, 4.69) is 189 Å². The van der Waals surface area contributed by atoms with Gasteiger partial charge in [-0.15, -0.1) is 0 Å². The van der Waals surface area contributed by atoms with Crippen LogP contribution in [0.3, 0.4) is 0 Å². The maximum Gasteiger partial charge on any atom is 0.0137 e. The van der Waals surface area contributed by atoms with E-state index in [-0.39, 0.29) is 5.92 Å². The van der Waals surface area contributed by atoms with Gasteiger partial charge in [-0.3, -0.25) is 0 Å². The molecular formula is C52H44. The maximum atomic E-state index is 2.49. The summed E-state index contributed by atoms with van der Waals surface area (Å²) in [6, 6.07) is 47.3. The fraction of sp³-hybridized carbons (Fsp3) is 0.154. The molecule has 0 aliphatic heterocycles. The van der Waals surface area contributed by atoms with Crippen molar-refractivity contribution in [2.75, 3.05) is 0 Å². The first-order chi connectivity index (χ1) is 25.8. The minimum absolute atomic E-state index is 0.276. The maximum absolute atomic E-state index is 2.49. The summed E-state index contributed by atoms with van der Waals surface area (Å²) in [7, 11) is 0. The molecule has 0 N–H and O–H groups in total. The van der Waals surface area contributed by atoms with Crippen LogP contribution in [-0.4, -0.2) is 0 Å². The van der Waals surface area contributed by atoms with E-state index in [1.807, 2.05) is 0 Å². The Bertz CT molecular complexity index is 2350. The highest BCUT2D eigenvalue weighted by Gasteiger charge is 2.35. The van der Waals surface area contributed by atoms with Crippen LogP contribution in [0, 0.1) is 5.92 Å². The van der Waals surface area contributed by atoms with Crippen LogP contribution in [0.4, 0.5) is 0 Å². The Kier molecular flexibility index (Phi) is 8.75. The molecule has 3 unspecified atom stereocenters. The first-order valence-corrected chi connectivity index (χ1v) is 19.1. The second-order valence-electron chi connectivity index (χ2n) is 14.5. The molecule has 9 rings (SSSR count). The van der Waals surface area contributed by atoms with Crippen molar-refractivity contribution in [3.63, 3.8) is 0 Å². The molecule has 4 aliphatic rings. The Hall–Kier alpha value is -5.72. The van der Waals surface area contributed by atoms with E-state index in [9.17, 15) is 0 Å². The lowest BCUT2D eigenvalue weighted by atomic mass is 9.67. The zero-order chi connectivity index (χ0) is 34.9.